The van der Waals surface area contributed by atoms with Gasteiger partial charge >= 0.3 is 0 Å². The Morgan fingerprint density at radius 2 is 1.94 bits per heavy atom. The van der Waals surface area contributed by atoms with Gasteiger partial charge < -0.3 is 4.74 Å². The van der Waals surface area contributed by atoms with Gasteiger partial charge in [0.25, 0.3) is 0 Å². The van der Waals surface area contributed by atoms with Crippen molar-refractivity contribution in [2.45, 2.75) is 71.9 Å². The van der Waals surface area contributed by atoms with E-state index in [-0.39, 0.29) is 6.10 Å². The largest absolute Gasteiger partial charge is 0.490 e. The van der Waals surface area contributed by atoms with Crippen molar-refractivity contribution in [3.63, 3.8) is 0 Å². The Kier molecular flexibility index (Phi) is 7.30. The lowest BCUT2D eigenvalue weighted by Crippen LogP contribution is -2.32. The zero-order chi connectivity index (χ0) is 23.4. The van der Waals surface area contributed by atoms with Gasteiger partial charge in [-0.25, -0.2) is 0 Å². The Hall–Kier alpha value is -2.90. The molecular weight excluding hydrogens is 406 g/mol. The Bertz CT molecular complexity index is 1100. The second-order valence-electron chi connectivity index (χ2n) is 9.54. The van der Waals surface area contributed by atoms with E-state index in [4.69, 9.17) is 9.73 Å². The summed E-state index contributed by atoms with van der Waals surface area (Å²) in [6.45, 7) is 10.5. The minimum Gasteiger partial charge on any atom is -0.490 e. The SMILES string of the molecule is CC(=N/C=C(\C)c1cccc2c1CCC2N1CCCCC1)c1ccc(OC(C)C)c(C#N)c1. The second-order valence-corrected chi connectivity index (χ2v) is 9.54. The van der Waals surface area contributed by atoms with Crippen molar-refractivity contribution in [2.24, 2.45) is 4.99 Å². The van der Waals surface area contributed by atoms with Crippen molar-refractivity contribution in [2.75, 3.05) is 13.1 Å². The van der Waals surface area contributed by atoms with Gasteiger partial charge in [-0.3, -0.25) is 9.89 Å². The molecule has 0 aromatic heterocycles. The molecule has 4 nitrogen and oxygen atoms in total. The molecular formula is C29H35N3O. The van der Waals surface area contributed by atoms with Gasteiger partial charge in [-0.15, -0.1) is 0 Å². The quantitative estimate of drug-likeness (QED) is 0.469. The molecule has 0 spiro atoms. The van der Waals surface area contributed by atoms with Crippen LogP contribution in [0.4, 0.5) is 0 Å². The van der Waals surface area contributed by atoms with Gasteiger partial charge in [-0.2, -0.15) is 5.26 Å². The fourth-order valence-electron chi connectivity index (χ4n) is 5.15. The van der Waals surface area contributed by atoms with E-state index >= 15 is 0 Å². The predicted octanol–water partition coefficient (Wildman–Crippen LogP) is 6.69. The van der Waals surface area contributed by atoms with Crippen molar-refractivity contribution in [1.82, 2.24) is 4.90 Å². The first-order valence-electron chi connectivity index (χ1n) is 12.3. The van der Waals surface area contributed by atoms with E-state index in [0.29, 0.717) is 17.4 Å². The Morgan fingerprint density at radius 3 is 2.67 bits per heavy atom. The van der Waals surface area contributed by atoms with Crippen molar-refractivity contribution >= 4 is 11.3 Å². The Labute approximate surface area is 198 Å². The minimum absolute atomic E-state index is 0.0328. The molecule has 0 radical (unpaired) electrons. The maximum absolute atomic E-state index is 9.52. The van der Waals surface area contributed by atoms with Gasteiger partial charge in [0.15, 0.2) is 0 Å². The molecule has 1 aliphatic carbocycles. The highest BCUT2D eigenvalue weighted by atomic mass is 16.5. The highest BCUT2D eigenvalue weighted by Gasteiger charge is 2.30. The summed E-state index contributed by atoms with van der Waals surface area (Å²) in [6.07, 6.45) is 8.41. The molecule has 2 aromatic rings. The lowest BCUT2D eigenvalue weighted by atomic mass is 9.96. The molecule has 0 bridgehead atoms. The number of rotatable bonds is 6. The van der Waals surface area contributed by atoms with Crippen molar-refractivity contribution < 1.29 is 4.74 Å². The summed E-state index contributed by atoms with van der Waals surface area (Å²) in [5.74, 6) is 0.624. The van der Waals surface area contributed by atoms with Crippen LogP contribution < -0.4 is 4.74 Å². The van der Waals surface area contributed by atoms with Crippen LogP contribution in [-0.4, -0.2) is 29.8 Å². The summed E-state index contributed by atoms with van der Waals surface area (Å²) in [4.78, 5) is 7.46. The Balaban J connectivity index is 1.56. The average Bonchev–Trinajstić information content (AvgIpc) is 3.27. The molecule has 33 heavy (non-hydrogen) atoms. The number of nitrogens with zero attached hydrogens (tertiary/aromatic N) is 3. The number of allylic oxidation sites excluding steroid dienone is 1. The molecule has 4 heteroatoms. The molecule has 0 amide bonds. The van der Waals surface area contributed by atoms with Gasteiger partial charge in [0.2, 0.25) is 0 Å². The average molecular weight is 442 g/mol. The molecule has 0 saturated carbocycles. The number of hydrogen-bond acceptors (Lipinski definition) is 4. The van der Waals surface area contributed by atoms with Crippen LogP contribution >= 0.6 is 0 Å². The number of fused-ring (bicyclic) bond motifs is 1. The normalized spacial score (nSPS) is 19.5. The van der Waals surface area contributed by atoms with E-state index in [9.17, 15) is 5.26 Å². The monoisotopic (exact) mass is 441 g/mol. The van der Waals surface area contributed by atoms with Crippen molar-refractivity contribution in [3.05, 3.63) is 70.4 Å². The standard InChI is InChI=1S/C29H35N3O/c1-20(2)33-29-14-11-23(17-24(29)18-30)22(4)31-19-21(3)25-9-8-10-27-26(25)12-13-28(27)32-15-6-5-7-16-32/h8-11,14,17,19-20,28H,5-7,12-13,15-16H2,1-4H3/b21-19+,31-22?. The first kappa shape index (κ1) is 23.3. The van der Waals surface area contributed by atoms with Crippen LogP contribution in [-0.2, 0) is 6.42 Å². The van der Waals surface area contributed by atoms with Gasteiger partial charge in [0.05, 0.1) is 11.7 Å². The van der Waals surface area contributed by atoms with Gasteiger partial charge in [0.1, 0.15) is 11.8 Å². The third-order valence-electron chi connectivity index (χ3n) is 6.83. The molecule has 1 saturated heterocycles. The van der Waals surface area contributed by atoms with Crippen LogP contribution in [0.1, 0.15) is 87.2 Å². The maximum atomic E-state index is 9.52. The number of likely N-dealkylation sites (tertiary alicyclic amines) is 1. The van der Waals surface area contributed by atoms with E-state index in [1.54, 1.807) is 0 Å². The van der Waals surface area contributed by atoms with Crippen LogP contribution in [0.3, 0.4) is 0 Å². The maximum Gasteiger partial charge on any atom is 0.137 e. The summed E-state index contributed by atoms with van der Waals surface area (Å²) in [7, 11) is 0. The smallest absolute Gasteiger partial charge is 0.137 e. The number of nitriles is 1. The van der Waals surface area contributed by atoms with Gasteiger partial charge in [-0.05, 0) is 112 Å². The molecule has 2 aromatic carbocycles. The van der Waals surface area contributed by atoms with Crippen LogP contribution in [0.15, 0.2) is 47.6 Å². The lowest BCUT2D eigenvalue weighted by Gasteiger charge is -2.32. The van der Waals surface area contributed by atoms with E-state index in [1.165, 1.54) is 61.0 Å². The fraction of sp³-hybridized carbons (Fsp3) is 0.448. The second kappa shape index (κ2) is 10.4. The lowest BCUT2D eigenvalue weighted by molar-refractivity contribution is 0.163. The number of ether oxygens (including phenoxy) is 1. The van der Waals surface area contributed by atoms with Gasteiger partial charge in [0, 0.05) is 18.0 Å². The van der Waals surface area contributed by atoms with Crippen LogP contribution in [0.2, 0.25) is 0 Å². The highest BCUT2D eigenvalue weighted by molar-refractivity contribution is 5.99. The minimum atomic E-state index is 0.0328. The predicted molar refractivity (Wildman–Crippen MR) is 136 cm³/mol. The molecule has 1 aliphatic heterocycles. The van der Waals surface area contributed by atoms with E-state index in [0.717, 1.165) is 17.7 Å². The molecule has 2 aliphatic rings. The summed E-state index contributed by atoms with van der Waals surface area (Å²) in [6, 6.07) is 15.3. The van der Waals surface area contributed by atoms with E-state index < -0.39 is 0 Å². The number of hydrogen-bond donors (Lipinski definition) is 0. The molecule has 1 atom stereocenters. The summed E-state index contributed by atoms with van der Waals surface area (Å²) < 4.78 is 5.74. The molecule has 1 fully saturated rings. The van der Waals surface area contributed by atoms with Crippen molar-refractivity contribution in [1.29, 1.82) is 5.26 Å². The van der Waals surface area contributed by atoms with Crippen molar-refractivity contribution in [3.8, 4) is 11.8 Å². The molecule has 0 N–H and O–H groups in total. The van der Waals surface area contributed by atoms with E-state index in [2.05, 4.69) is 36.1 Å². The number of piperidine rings is 1. The van der Waals surface area contributed by atoms with Crippen LogP contribution in [0.5, 0.6) is 5.75 Å². The van der Waals surface area contributed by atoms with E-state index in [1.807, 2.05) is 45.2 Å². The number of benzene rings is 2. The van der Waals surface area contributed by atoms with Gasteiger partial charge in [-0.1, -0.05) is 24.6 Å². The molecule has 1 unspecified atom stereocenters. The molecule has 172 valence electrons. The highest BCUT2D eigenvalue weighted by Crippen LogP contribution is 2.40. The zero-order valence-corrected chi connectivity index (χ0v) is 20.4. The summed E-state index contributed by atoms with van der Waals surface area (Å²) in [5.41, 5.74) is 7.89. The molecule has 1 heterocycles. The van der Waals surface area contributed by atoms with Crippen LogP contribution in [0.25, 0.3) is 5.57 Å². The summed E-state index contributed by atoms with van der Waals surface area (Å²) >= 11 is 0. The molecule has 4 rings (SSSR count). The van der Waals surface area contributed by atoms with Crippen LogP contribution in [0, 0.1) is 11.3 Å². The zero-order valence-electron chi connectivity index (χ0n) is 20.4. The summed E-state index contributed by atoms with van der Waals surface area (Å²) in [5, 5.41) is 9.52. The third kappa shape index (κ3) is 5.20. The third-order valence-corrected chi connectivity index (χ3v) is 6.83. The first-order chi connectivity index (χ1) is 16.0. The fourth-order valence-corrected chi connectivity index (χ4v) is 5.15. The Morgan fingerprint density at radius 1 is 1.15 bits per heavy atom. The number of aliphatic imine (C=N–C) groups is 1. The first-order valence-corrected chi connectivity index (χ1v) is 12.3. The topological polar surface area (TPSA) is 48.6 Å².